The summed E-state index contributed by atoms with van der Waals surface area (Å²) in [5.41, 5.74) is -1.34. The van der Waals surface area contributed by atoms with Gasteiger partial charge in [-0.2, -0.15) is 0 Å². The third-order valence-corrected chi connectivity index (χ3v) is 11.7. The average Bonchev–Trinajstić information content (AvgIpc) is 3.11. The molecule has 1 aromatic carbocycles. The number of hydrogen-bond donors (Lipinski definition) is 1. The lowest BCUT2D eigenvalue weighted by Crippen LogP contribution is -2.64. The molecular weight excluding hydrogens is 476 g/mol. The Labute approximate surface area is 213 Å². The number of carbonyl (C=O) groups is 1. The molecule has 2 saturated carbocycles. The zero-order valence-corrected chi connectivity index (χ0v) is 22.6. The van der Waals surface area contributed by atoms with Gasteiger partial charge in [-0.3, -0.25) is 4.79 Å². The smallest absolute Gasteiger partial charge is 0.182 e. The number of sulfone groups is 1. The first kappa shape index (κ1) is 24.5. The largest absolute Gasteiger partial charge is 0.386 e. The number of rotatable bonds is 3. The van der Waals surface area contributed by atoms with Crippen LogP contribution in [-0.4, -0.2) is 48.7 Å². The summed E-state index contributed by atoms with van der Waals surface area (Å²) in [7, 11) is -3.77. The van der Waals surface area contributed by atoms with Crippen LogP contribution in [0.15, 0.2) is 58.5 Å². The SMILES string of the molecule is CC1=C[C@]23C(=O)[C@@H](C=C(CS(=O)(=O)c4ccccc4)[C@@H](O)[C@@]24OC(C)(C)O[C@@H]14)[C@H]1[C@@H](C[C@H]3C)C1(C)C. The van der Waals surface area contributed by atoms with Crippen LogP contribution in [0.2, 0.25) is 0 Å². The molecule has 2 spiro atoms. The Morgan fingerprint density at radius 1 is 1.11 bits per heavy atom. The highest BCUT2D eigenvalue weighted by Gasteiger charge is 2.79. The van der Waals surface area contributed by atoms with Gasteiger partial charge in [-0.15, -0.1) is 0 Å². The van der Waals surface area contributed by atoms with Gasteiger partial charge in [-0.05, 0) is 73.6 Å². The fraction of sp³-hybridized carbons (Fsp3) is 0.621. The summed E-state index contributed by atoms with van der Waals surface area (Å²) < 4.78 is 40.1. The van der Waals surface area contributed by atoms with Crippen molar-refractivity contribution >= 4 is 15.6 Å². The normalized spacial score (nSPS) is 43.9. The lowest BCUT2D eigenvalue weighted by molar-refractivity contribution is -0.214. The van der Waals surface area contributed by atoms with Crippen molar-refractivity contribution in [2.75, 3.05) is 5.75 Å². The number of benzene rings is 1. The van der Waals surface area contributed by atoms with Crippen LogP contribution < -0.4 is 0 Å². The van der Waals surface area contributed by atoms with E-state index in [0.717, 1.165) is 12.0 Å². The van der Waals surface area contributed by atoms with Crippen LogP contribution in [-0.2, 0) is 24.1 Å². The lowest BCUT2D eigenvalue weighted by Gasteiger charge is -2.49. The first-order valence-electron chi connectivity index (χ1n) is 13.0. The molecule has 7 heteroatoms. The molecule has 0 aromatic heterocycles. The van der Waals surface area contributed by atoms with E-state index in [1.165, 1.54) is 0 Å². The van der Waals surface area contributed by atoms with Gasteiger partial charge in [0.1, 0.15) is 17.8 Å². The van der Waals surface area contributed by atoms with E-state index < -0.39 is 44.8 Å². The van der Waals surface area contributed by atoms with E-state index in [1.54, 1.807) is 50.3 Å². The Hall–Kier alpha value is -1.80. The highest BCUT2D eigenvalue weighted by Crippen LogP contribution is 2.73. The fourth-order valence-electron chi connectivity index (χ4n) is 8.38. The molecule has 0 amide bonds. The van der Waals surface area contributed by atoms with Gasteiger partial charge in [0.05, 0.1) is 16.1 Å². The Morgan fingerprint density at radius 2 is 1.78 bits per heavy atom. The number of Topliss-reactive ketones (excluding diaryl/α,β-unsaturated/α-hetero) is 1. The third kappa shape index (κ3) is 2.89. The number of ether oxygens (including phenoxy) is 2. The van der Waals surface area contributed by atoms with Gasteiger partial charge in [-0.25, -0.2) is 8.42 Å². The molecule has 4 aliphatic carbocycles. The molecule has 1 saturated heterocycles. The van der Waals surface area contributed by atoms with Crippen molar-refractivity contribution in [1.29, 1.82) is 0 Å². The number of ketones is 1. The zero-order valence-electron chi connectivity index (χ0n) is 21.8. The molecule has 3 fully saturated rings. The third-order valence-electron chi connectivity index (χ3n) is 9.95. The van der Waals surface area contributed by atoms with E-state index in [2.05, 4.69) is 20.8 Å². The number of hydrogen-bond acceptors (Lipinski definition) is 6. The molecule has 6 nitrogen and oxygen atoms in total. The Kier molecular flexibility index (Phi) is 4.90. The van der Waals surface area contributed by atoms with E-state index in [0.29, 0.717) is 11.5 Å². The van der Waals surface area contributed by atoms with Gasteiger partial charge in [-0.1, -0.05) is 51.1 Å². The summed E-state index contributed by atoms with van der Waals surface area (Å²) in [6.45, 7) is 12.0. The highest BCUT2D eigenvalue weighted by atomic mass is 32.2. The standard InChI is InChI=1S/C29H36O6S/c1-16-14-28-17(2)12-21-22(26(21,3)4)20(24(28)31)13-18(15-36(32,33)19-10-8-7-9-11-19)23(30)29(28)25(16)34-27(5,6)35-29/h7-11,13-14,17,20-23,25,30H,12,15H2,1-6H3/t17-,20+,21-,22+,23-,25+,28+,29+/m1/s1. The minimum Gasteiger partial charge on any atom is -0.386 e. The number of aliphatic hydroxyl groups excluding tert-OH is 1. The van der Waals surface area contributed by atoms with Crippen molar-refractivity contribution in [3.05, 3.63) is 53.6 Å². The maximum Gasteiger partial charge on any atom is 0.182 e. The van der Waals surface area contributed by atoms with Gasteiger partial charge >= 0.3 is 0 Å². The summed E-state index contributed by atoms with van der Waals surface area (Å²) in [6, 6.07) is 8.28. The van der Waals surface area contributed by atoms with Gasteiger partial charge in [0, 0.05) is 5.92 Å². The number of fused-ring (bicyclic) bond motifs is 3. The van der Waals surface area contributed by atoms with Crippen LogP contribution >= 0.6 is 0 Å². The predicted octanol–water partition coefficient (Wildman–Crippen LogP) is 4.10. The lowest BCUT2D eigenvalue weighted by atomic mass is 9.59. The Morgan fingerprint density at radius 3 is 2.44 bits per heavy atom. The molecule has 6 rings (SSSR count). The molecule has 0 radical (unpaired) electrons. The van der Waals surface area contributed by atoms with E-state index in [-0.39, 0.29) is 33.7 Å². The number of allylic oxidation sites excluding steroid dienone is 1. The van der Waals surface area contributed by atoms with Crippen molar-refractivity contribution in [3.8, 4) is 0 Å². The van der Waals surface area contributed by atoms with Crippen LogP contribution in [0.4, 0.5) is 0 Å². The minimum atomic E-state index is -3.77. The van der Waals surface area contributed by atoms with Gasteiger partial charge in [0.2, 0.25) is 0 Å². The Balaban J connectivity index is 1.57. The van der Waals surface area contributed by atoms with E-state index in [1.807, 2.05) is 13.0 Å². The van der Waals surface area contributed by atoms with Gasteiger partial charge < -0.3 is 14.6 Å². The van der Waals surface area contributed by atoms with E-state index >= 15 is 0 Å². The summed E-state index contributed by atoms with van der Waals surface area (Å²) in [4.78, 5) is 14.9. The highest BCUT2D eigenvalue weighted by molar-refractivity contribution is 7.91. The molecule has 1 N–H and O–H groups in total. The molecule has 1 aliphatic heterocycles. The first-order valence-corrected chi connectivity index (χ1v) is 14.6. The zero-order chi connectivity index (χ0) is 26.1. The molecule has 36 heavy (non-hydrogen) atoms. The van der Waals surface area contributed by atoms with Crippen molar-refractivity contribution in [1.82, 2.24) is 0 Å². The maximum absolute atomic E-state index is 14.7. The molecule has 2 bridgehead atoms. The quantitative estimate of drug-likeness (QED) is 0.614. The van der Waals surface area contributed by atoms with Crippen molar-refractivity contribution in [3.63, 3.8) is 0 Å². The van der Waals surface area contributed by atoms with Crippen LogP contribution in [0.3, 0.4) is 0 Å². The summed E-state index contributed by atoms with van der Waals surface area (Å²) >= 11 is 0. The maximum atomic E-state index is 14.7. The van der Waals surface area contributed by atoms with E-state index in [9.17, 15) is 18.3 Å². The number of aliphatic hydroxyl groups is 1. The van der Waals surface area contributed by atoms with Crippen LogP contribution in [0, 0.1) is 34.5 Å². The van der Waals surface area contributed by atoms with Crippen LogP contribution in [0.1, 0.15) is 48.0 Å². The second-order valence-electron chi connectivity index (χ2n) is 12.7. The second kappa shape index (κ2) is 7.19. The van der Waals surface area contributed by atoms with Crippen LogP contribution in [0.25, 0.3) is 0 Å². The minimum absolute atomic E-state index is 0.0262. The summed E-state index contributed by atoms with van der Waals surface area (Å²) in [5.74, 6) is -1.52. The average molecular weight is 513 g/mol. The molecule has 5 aliphatic rings. The van der Waals surface area contributed by atoms with Gasteiger partial charge in [0.25, 0.3) is 0 Å². The predicted molar refractivity (Wildman–Crippen MR) is 135 cm³/mol. The monoisotopic (exact) mass is 512 g/mol. The van der Waals surface area contributed by atoms with Crippen molar-refractivity contribution in [2.45, 2.75) is 76.5 Å². The molecule has 8 atom stereocenters. The summed E-state index contributed by atoms with van der Waals surface area (Å²) in [5, 5.41) is 12.2. The fourth-order valence-corrected chi connectivity index (χ4v) is 9.82. The molecule has 1 aromatic rings. The summed E-state index contributed by atoms with van der Waals surface area (Å²) in [6.07, 6.45) is 2.68. The molecule has 0 unspecified atom stereocenters. The first-order chi connectivity index (χ1) is 16.7. The van der Waals surface area contributed by atoms with Crippen molar-refractivity contribution < 1.29 is 27.8 Å². The Bertz CT molecular complexity index is 1310. The molecule has 1 heterocycles. The van der Waals surface area contributed by atoms with Gasteiger partial charge in [0.15, 0.2) is 21.4 Å². The second-order valence-corrected chi connectivity index (χ2v) is 14.7. The molecule has 194 valence electrons. The topological polar surface area (TPSA) is 89.9 Å². The number of carbonyl (C=O) groups excluding carboxylic acids is 1. The van der Waals surface area contributed by atoms with Crippen LogP contribution in [0.5, 0.6) is 0 Å². The molecular formula is C29H36O6S. The van der Waals surface area contributed by atoms with Crippen molar-refractivity contribution in [2.24, 2.45) is 34.5 Å². The van der Waals surface area contributed by atoms with E-state index in [4.69, 9.17) is 9.47 Å².